The zero-order chi connectivity index (χ0) is 20.5. The molecule has 1 aliphatic rings. The number of hydrogen-bond acceptors (Lipinski definition) is 9. The number of benzene rings is 2. The van der Waals surface area contributed by atoms with Crippen LogP contribution in [0.25, 0.3) is 10.8 Å². The fourth-order valence-corrected chi connectivity index (χ4v) is 3.54. The first-order chi connectivity index (χ1) is 14.1. The molecular formula is C20H16N8O. The summed E-state index contributed by atoms with van der Waals surface area (Å²) >= 11 is 0. The number of methoxy groups -OCH3 is 1. The van der Waals surface area contributed by atoms with Crippen molar-refractivity contribution in [3.8, 4) is 18.0 Å². The van der Waals surface area contributed by atoms with Gasteiger partial charge in [0, 0.05) is 10.9 Å². The molecule has 2 aromatic carbocycles. The quantitative estimate of drug-likeness (QED) is 0.387. The van der Waals surface area contributed by atoms with Gasteiger partial charge in [-0.3, -0.25) is 5.32 Å². The number of pyridine rings is 1. The van der Waals surface area contributed by atoms with E-state index in [0.717, 1.165) is 16.3 Å². The van der Waals surface area contributed by atoms with Gasteiger partial charge >= 0.3 is 0 Å². The first-order valence-electron chi connectivity index (χ1n) is 8.63. The lowest BCUT2D eigenvalue weighted by atomic mass is 9.91. The van der Waals surface area contributed by atoms with Crippen LogP contribution in [-0.2, 0) is 0 Å². The second-order valence-corrected chi connectivity index (χ2v) is 6.31. The van der Waals surface area contributed by atoms with E-state index in [1.165, 1.54) is 0 Å². The Labute approximate surface area is 166 Å². The molecule has 9 nitrogen and oxygen atoms in total. The first-order valence-corrected chi connectivity index (χ1v) is 8.63. The number of guanidine groups is 1. The summed E-state index contributed by atoms with van der Waals surface area (Å²) in [6, 6.07) is 12.9. The standard InChI is InChI=1S/C20H16N8O/c1-29-13-7-3-5-10-4-2-6-11(14(10)13)17-15-16(23)12(8-21)18(24)27-19(15)28-20(26-17)25-9-22/h2-7,17H,1H3,(H6,23,24,25,26,27,28). The van der Waals surface area contributed by atoms with Gasteiger partial charge in [0.05, 0.1) is 12.8 Å². The SMILES string of the molecule is COc1cccc2cccc(C3N=C(NC#N)Nc4nc(N)c(C#N)c(N)c43)c12. The Morgan fingerprint density at radius 3 is 2.62 bits per heavy atom. The van der Waals surface area contributed by atoms with Crippen molar-refractivity contribution in [1.82, 2.24) is 10.3 Å². The number of aromatic nitrogens is 1. The molecule has 1 unspecified atom stereocenters. The number of nitrogens with two attached hydrogens (primary N) is 2. The molecule has 4 rings (SSSR count). The van der Waals surface area contributed by atoms with Gasteiger partial charge in [0.25, 0.3) is 0 Å². The Morgan fingerprint density at radius 1 is 1.17 bits per heavy atom. The molecule has 0 fully saturated rings. The van der Waals surface area contributed by atoms with E-state index in [9.17, 15) is 5.26 Å². The van der Waals surface area contributed by atoms with Gasteiger partial charge in [0.1, 0.15) is 35.1 Å². The van der Waals surface area contributed by atoms with Crippen molar-refractivity contribution in [3.05, 3.63) is 53.1 Å². The third-order valence-corrected chi connectivity index (χ3v) is 4.77. The molecular weight excluding hydrogens is 368 g/mol. The minimum absolute atomic E-state index is 0.00343. The molecule has 0 aliphatic carbocycles. The van der Waals surface area contributed by atoms with Gasteiger partial charge in [0.15, 0.2) is 6.19 Å². The molecule has 1 atom stereocenters. The van der Waals surface area contributed by atoms with Crippen LogP contribution in [0.3, 0.4) is 0 Å². The van der Waals surface area contributed by atoms with Crippen molar-refractivity contribution in [3.63, 3.8) is 0 Å². The molecule has 0 saturated carbocycles. The van der Waals surface area contributed by atoms with E-state index in [4.69, 9.17) is 21.5 Å². The summed E-state index contributed by atoms with van der Waals surface area (Å²) in [6.07, 6.45) is 1.84. The third-order valence-electron chi connectivity index (χ3n) is 4.77. The maximum atomic E-state index is 9.47. The minimum Gasteiger partial charge on any atom is -0.496 e. The molecule has 6 N–H and O–H groups in total. The Bertz CT molecular complexity index is 1250. The summed E-state index contributed by atoms with van der Waals surface area (Å²) in [5.74, 6) is 1.21. The smallest absolute Gasteiger partial charge is 0.211 e. The summed E-state index contributed by atoms with van der Waals surface area (Å²) in [6.45, 7) is 0. The molecule has 3 aromatic rings. The summed E-state index contributed by atoms with van der Waals surface area (Å²) in [4.78, 5) is 8.90. The summed E-state index contributed by atoms with van der Waals surface area (Å²) < 4.78 is 5.56. The van der Waals surface area contributed by atoms with Crippen LogP contribution in [0.4, 0.5) is 17.3 Å². The summed E-state index contributed by atoms with van der Waals surface area (Å²) in [7, 11) is 1.60. The number of nitrogen functional groups attached to an aromatic ring is 2. The van der Waals surface area contributed by atoms with Gasteiger partial charge in [-0.05, 0) is 17.0 Å². The lowest BCUT2D eigenvalue weighted by Crippen LogP contribution is -2.32. The van der Waals surface area contributed by atoms with Crippen molar-refractivity contribution < 1.29 is 4.74 Å². The van der Waals surface area contributed by atoms with Crippen LogP contribution in [0.2, 0.25) is 0 Å². The van der Waals surface area contributed by atoms with Crippen molar-refractivity contribution in [1.29, 1.82) is 10.5 Å². The number of nitriles is 2. The molecule has 0 radical (unpaired) electrons. The largest absolute Gasteiger partial charge is 0.496 e. The summed E-state index contributed by atoms with van der Waals surface area (Å²) in [5, 5.41) is 25.7. The van der Waals surface area contributed by atoms with E-state index in [2.05, 4.69) is 20.6 Å². The Morgan fingerprint density at radius 2 is 1.93 bits per heavy atom. The van der Waals surface area contributed by atoms with Crippen LogP contribution in [0.5, 0.6) is 5.75 Å². The van der Waals surface area contributed by atoms with Crippen LogP contribution < -0.4 is 26.8 Å². The van der Waals surface area contributed by atoms with Gasteiger partial charge in [-0.2, -0.15) is 10.5 Å². The lowest BCUT2D eigenvalue weighted by molar-refractivity contribution is 0.419. The lowest BCUT2D eigenvalue weighted by Gasteiger charge is -2.27. The van der Waals surface area contributed by atoms with Crippen molar-refractivity contribution in [2.75, 3.05) is 23.9 Å². The number of anilines is 3. The maximum absolute atomic E-state index is 9.47. The number of aliphatic imine (C=N–C) groups is 1. The Kier molecular flexibility index (Phi) is 4.26. The average Bonchev–Trinajstić information content (AvgIpc) is 2.72. The second kappa shape index (κ2) is 6.91. The highest BCUT2D eigenvalue weighted by atomic mass is 16.5. The van der Waals surface area contributed by atoms with Crippen LogP contribution in [0.15, 0.2) is 41.4 Å². The minimum atomic E-state index is -0.637. The highest BCUT2D eigenvalue weighted by molar-refractivity contribution is 6.00. The number of nitrogens with zero attached hydrogens (tertiary/aromatic N) is 4. The topological polar surface area (TPSA) is 158 Å². The zero-order valence-corrected chi connectivity index (χ0v) is 15.4. The molecule has 0 spiro atoms. The van der Waals surface area contributed by atoms with Crippen LogP contribution in [-0.4, -0.2) is 18.1 Å². The van der Waals surface area contributed by atoms with Crippen LogP contribution in [0, 0.1) is 22.8 Å². The monoisotopic (exact) mass is 384 g/mol. The molecule has 9 heteroatoms. The van der Waals surface area contributed by atoms with E-state index >= 15 is 0 Å². The predicted molar refractivity (Wildman–Crippen MR) is 110 cm³/mol. The van der Waals surface area contributed by atoms with Crippen molar-refractivity contribution in [2.24, 2.45) is 4.99 Å². The molecule has 29 heavy (non-hydrogen) atoms. The van der Waals surface area contributed by atoms with Gasteiger partial charge in [-0.1, -0.05) is 30.3 Å². The predicted octanol–water partition coefficient (Wildman–Crippen LogP) is 2.22. The first kappa shape index (κ1) is 17.9. The van der Waals surface area contributed by atoms with Crippen LogP contribution >= 0.6 is 0 Å². The van der Waals surface area contributed by atoms with Gasteiger partial charge in [0.2, 0.25) is 5.96 Å². The second-order valence-electron chi connectivity index (χ2n) is 6.31. The fourth-order valence-electron chi connectivity index (χ4n) is 3.54. The molecule has 1 aromatic heterocycles. The molecule has 1 aliphatic heterocycles. The normalized spacial score (nSPS) is 14.7. The van der Waals surface area contributed by atoms with E-state index in [0.29, 0.717) is 17.1 Å². The zero-order valence-electron chi connectivity index (χ0n) is 15.4. The number of nitrogens with one attached hydrogen (secondary N) is 2. The molecule has 0 saturated heterocycles. The van der Waals surface area contributed by atoms with Crippen molar-refractivity contribution >= 4 is 34.1 Å². The Balaban J connectivity index is 2.06. The van der Waals surface area contributed by atoms with E-state index in [1.807, 2.05) is 48.7 Å². The number of rotatable bonds is 2. The van der Waals surface area contributed by atoms with E-state index in [1.54, 1.807) is 7.11 Å². The van der Waals surface area contributed by atoms with Gasteiger partial charge < -0.3 is 21.5 Å². The average molecular weight is 384 g/mol. The van der Waals surface area contributed by atoms with E-state index < -0.39 is 6.04 Å². The van der Waals surface area contributed by atoms with Crippen LogP contribution in [0.1, 0.15) is 22.7 Å². The fraction of sp³-hybridized carbons (Fsp3) is 0.100. The molecule has 0 amide bonds. The molecule has 0 bridgehead atoms. The Hall–Kier alpha value is -4.50. The highest BCUT2D eigenvalue weighted by Crippen LogP contribution is 2.44. The summed E-state index contributed by atoms with van der Waals surface area (Å²) in [5.41, 5.74) is 13.8. The number of fused-ring (bicyclic) bond motifs is 2. The van der Waals surface area contributed by atoms with Crippen molar-refractivity contribution in [2.45, 2.75) is 6.04 Å². The molecule has 2 heterocycles. The van der Waals surface area contributed by atoms with Gasteiger partial charge in [-0.25, -0.2) is 9.98 Å². The molecule has 142 valence electrons. The van der Waals surface area contributed by atoms with E-state index in [-0.39, 0.29) is 23.0 Å². The van der Waals surface area contributed by atoms with Gasteiger partial charge in [-0.15, -0.1) is 0 Å². The third kappa shape index (κ3) is 2.78. The number of ether oxygens (including phenoxy) is 1. The highest BCUT2D eigenvalue weighted by Gasteiger charge is 2.31. The number of hydrogen-bond donors (Lipinski definition) is 4. The maximum Gasteiger partial charge on any atom is 0.211 e.